The summed E-state index contributed by atoms with van der Waals surface area (Å²) in [6.45, 7) is 8.97. The minimum atomic E-state index is -0.924. The van der Waals surface area contributed by atoms with E-state index in [9.17, 15) is 9.59 Å². The highest BCUT2D eigenvalue weighted by atomic mass is 16.7. The van der Waals surface area contributed by atoms with Crippen LogP contribution in [-0.2, 0) is 14.3 Å². The molecule has 0 aromatic heterocycles. The highest BCUT2D eigenvalue weighted by molar-refractivity contribution is 5.93. The van der Waals surface area contributed by atoms with Crippen molar-refractivity contribution in [2.24, 2.45) is 0 Å². The van der Waals surface area contributed by atoms with Gasteiger partial charge in [0, 0.05) is 5.57 Å². The first-order valence-electron chi connectivity index (χ1n) is 6.09. The van der Waals surface area contributed by atoms with Gasteiger partial charge in [0.1, 0.15) is 6.10 Å². The van der Waals surface area contributed by atoms with Gasteiger partial charge >= 0.3 is 12.1 Å². The Morgan fingerprint density at radius 1 is 1.18 bits per heavy atom. The van der Waals surface area contributed by atoms with Gasteiger partial charge in [-0.3, -0.25) is 0 Å². The Morgan fingerprint density at radius 3 is 2.29 bits per heavy atom. The van der Waals surface area contributed by atoms with Crippen molar-refractivity contribution in [3.63, 3.8) is 0 Å². The lowest BCUT2D eigenvalue weighted by atomic mass is 10.1. The fraction of sp³-hybridized carbons (Fsp3) is 0.692. The monoisotopic (exact) mass is 242 g/mol. The van der Waals surface area contributed by atoms with Crippen LogP contribution < -0.4 is 0 Å². The number of unbranched alkanes of at least 4 members (excludes halogenated alkanes) is 1. The van der Waals surface area contributed by atoms with Gasteiger partial charge in [0.25, 0.3) is 0 Å². The molecule has 0 amide bonds. The number of carbonyl (C=O) groups excluding carboxylic acids is 2. The Morgan fingerprint density at radius 2 is 1.82 bits per heavy atom. The van der Waals surface area contributed by atoms with Crippen LogP contribution >= 0.6 is 0 Å². The topological polar surface area (TPSA) is 52.6 Å². The van der Waals surface area contributed by atoms with Gasteiger partial charge in [-0.05, 0) is 19.8 Å². The number of hydrogen-bond donors (Lipinski definition) is 0. The molecule has 0 saturated heterocycles. The van der Waals surface area contributed by atoms with Gasteiger partial charge in [-0.1, -0.05) is 39.7 Å². The van der Waals surface area contributed by atoms with Crippen LogP contribution in [0, 0.1) is 0 Å². The second kappa shape index (κ2) is 8.79. The Kier molecular flexibility index (Phi) is 8.11. The summed E-state index contributed by atoms with van der Waals surface area (Å²) >= 11 is 0. The van der Waals surface area contributed by atoms with Gasteiger partial charge in [0.15, 0.2) is 0 Å². The molecule has 0 N–H and O–H groups in total. The molecule has 4 nitrogen and oxygen atoms in total. The van der Waals surface area contributed by atoms with Crippen LogP contribution in [-0.4, -0.2) is 18.2 Å². The van der Waals surface area contributed by atoms with Crippen molar-refractivity contribution < 1.29 is 19.1 Å². The van der Waals surface area contributed by atoms with E-state index < -0.39 is 12.1 Å². The summed E-state index contributed by atoms with van der Waals surface area (Å²) in [7, 11) is 0. The third-order valence-electron chi connectivity index (χ3n) is 2.28. The van der Waals surface area contributed by atoms with Crippen molar-refractivity contribution in [2.75, 3.05) is 0 Å². The molecule has 0 fully saturated rings. The van der Waals surface area contributed by atoms with Crippen LogP contribution in [0.1, 0.15) is 52.9 Å². The fourth-order valence-electron chi connectivity index (χ4n) is 1.34. The van der Waals surface area contributed by atoms with E-state index in [2.05, 4.69) is 18.2 Å². The third-order valence-corrected chi connectivity index (χ3v) is 2.28. The summed E-state index contributed by atoms with van der Waals surface area (Å²) in [5, 5.41) is 0. The van der Waals surface area contributed by atoms with E-state index in [0.717, 1.165) is 32.1 Å². The van der Waals surface area contributed by atoms with Crippen LogP contribution in [0.15, 0.2) is 12.2 Å². The molecule has 0 aromatic carbocycles. The van der Waals surface area contributed by atoms with Crippen molar-refractivity contribution in [2.45, 2.75) is 59.0 Å². The van der Waals surface area contributed by atoms with Gasteiger partial charge in [-0.25, -0.2) is 9.59 Å². The summed E-state index contributed by atoms with van der Waals surface area (Å²) in [6.07, 6.45) is 3.47. The maximum absolute atomic E-state index is 11.3. The largest absolute Gasteiger partial charge is 0.516 e. The lowest BCUT2D eigenvalue weighted by molar-refractivity contribution is -0.136. The molecule has 1 unspecified atom stereocenters. The predicted octanol–water partition coefficient (Wildman–Crippen LogP) is 3.60. The number of carbonyl (C=O) groups is 2. The van der Waals surface area contributed by atoms with Gasteiger partial charge in [0.2, 0.25) is 0 Å². The molecule has 17 heavy (non-hydrogen) atoms. The lowest BCUT2D eigenvalue weighted by Crippen LogP contribution is -2.21. The van der Waals surface area contributed by atoms with E-state index in [-0.39, 0.29) is 11.7 Å². The first-order chi connectivity index (χ1) is 8.01. The van der Waals surface area contributed by atoms with Crippen molar-refractivity contribution >= 4 is 12.1 Å². The summed E-state index contributed by atoms with van der Waals surface area (Å²) in [5.41, 5.74) is 0.183. The minimum Gasteiger partial charge on any atom is -0.431 e. The molecule has 0 aliphatic carbocycles. The molecule has 4 heteroatoms. The van der Waals surface area contributed by atoms with Gasteiger partial charge < -0.3 is 9.47 Å². The highest BCUT2D eigenvalue weighted by Gasteiger charge is 2.17. The molecule has 0 bridgehead atoms. The van der Waals surface area contributed by atoms with Crippen molar-refractivity contribution in [1.29, 1.82) is 0 Å². The van der Waals surface area contributed by atoms with Crippen molar-refractivity contribution in [1.82, 2.24) is 0 Å². The van der Waals surface area contributed by atoms with E-state index in [1.54, 1.807) is 0 Å². The van der Waals surface area contributed by atoms with Gasteiger partial charge in [0.05, 0.1) is 0 Å². The molecule has 0 aliphatic rings. The quantitative estimate of drug-likeness (QED) is 0.389. The van der Waals surface area contributed by atoms with Gasteiger partial charge in [-0.15, -0.1) is 0 Å². The summed E-state index contributed by atoms with van der Waals surface area (Å²) in [6, 6.07) is 0. The zero-order valence-electron chi connectivity index (χ0n) is 11.0. The van der Waals surface area contributed by atoms with E-state index in [4.69, 9.17) is 4.74 Å². The van der Waals surface area contributed by atoms with Crippen molar-refractivity contribution in [3.8, 4) is 0 Å². The summed E-state index contributed by atoms with van der Waals surface area (Å²) in [4.78, 5) is 22.4. The summed E-state index contributed by atoms with van der Waals surface area (Å²) < 4.78 is 9.56. The third kappa shape index (κ3) is 7.55. The maximum atomic E-state index is 11.3. The molecule has 0 saturated carbocycles. The molecule has 1 atom stereocenters. The number of esters is 1. The molecular weight excluding hydrogens is 220 g/mol. The van der Waals surface area contributed by atoms with Crippen molar-refractivity contribution in [3.05, 3.63) is 12.2 Å². The van der Waals surface area contributed by atoms with E-state index in [0.29, 0.717) is 0 Å². The van der Waals surface area contributed by atoms with E-state index in [1.807, 2.05) is 6.92 Å². The Balaban J connectivity index is 4.10. The Bertz CT molecular complexity index is 271. The molecule has 0 rings (SSSR count). The minimum absolute atomic E-state index is 0.162. The van der Waals surface area contributed by atoms with Crippen LogP contribution in [0.5, 0.6) is 0 Å². The van der Waals surface area contributed by atoms with Crippen LogP contribution in [0.25, 0.3) is 0 Å². The highest BCUT2D eigenvalue weighted by Crippen LogP contribution is 2.12. The van der Waals surface area contributed by atoms with Crippen LogP contribution in [0.3, 0.4) is 0 Å². The molecule has 0 spiro atoms. The first kappa shape index (κ1) is 15.7. The van der Waals surface area contributed by atoms with Crippen LogP contribution in [0.4, 0.5) is 4.79 Å². The molecule has 0 aliphatic heterocycles. The molecular formula is C13H22O4. The van der Waals surface area contributed by atoms with Crippen LogP contribution in [0.2, 0.25) is 0 Å². The second-order valence-corrected chi connectivity index (χ2v) is 4.09. The first-order valence-corrected chi connectivity index (χ1v) is 6.09. The average Bonchev–Trinajstić information content (AvgIpc) is 2.25. The summed E-state index contributed by atoms with van der Waals surface area (Å²) in [5.74, 6) is -0.735. The number of hydrogen-bond acceptors (Lipinski definition) is 4. The van der Waals surface area contributed by atoms with E-state index >= 15 is 0 Å². The normalized spacial score (nSPS) is 11.7. The molecule has 0 heterocycles. The molecule has 0 radical (unpaired) electrons. The van der Waals surface area contributed by atoms with E-state index in [1.165, 1.54) is 6.92 Å². The standard InChI is InChI=1S/C13H22O4/c1-5-7-9-11(8-6-2)16-13(15)17-12(14)10(3)4/h11H,3,5-9H2,1-2,4H3. The Labute approximate surface area is 103 Å². The zero-order chi connectivity index (χ0) is 13.3. The molecule has 98 valence electrons. The zero-order valence-corrected chi connectivity index (χ0v) is 11.0. The average molecular weight is 242 g/mol. The predicted molar refractivity (Wildman–Crippen MR) is 65.6 cm³/mol. The smallest absolute Gasteiger partial charge is 0.431 e. The SMILES string of the molecule is C=C(C)C(=O)OC(=O)OC(CCC)CCCC. The molecule has 0 aromatic rings. The lowest BCUT2D eigenvalue weighted by Gasteiger charge is -2.15. The van der Waals surface area contributed by atoms with Gasteiger partial charge in [-0.2, -0.15) is 0 Å². The number of ether oxygens (including phenoxy) is 2. The fourth-order valence-corrected chi connectivity index (χ4v) is 1.34. The maximum Gasteiger partial charge on any atom is 0.516 e. The second-order valence-electron chi connectivity index (χ2n) is 4.09. The Hall–Kier alpha value is -1.32. The number of rotatable bonds is 7.